The van der Waals surface area contributed by atoms with Gasteiger partial charge >= 0.3 is 5.97 Å². The predicted molar refractivity (Wildman–Crippen MR) is 97.2 cm³/mol. The molecule has 26 heavy (non-hydrogen) atoms. The molecule has 0 aliphatic rings. The zero-order valence-corrected chi connectivity index (χ0v) is 14.2. The van der Waals surface area contributed by atoms with E-state index in [1.54, 1.807) is 24.3 Å². The minimum absolute atomic E-state index is 0.0604. The standard InChI is InChI=1S/C19H22N2O5/c20-15(19(25)26)10-12-6-9-14(17(21)18(12)24)16(23)3-1-2-11-4-7-13(22)8-5-11/h4-9,15,22,24H,1-3,10,20-21H2,(H,25,26)/t15-/m1/s1. The van der Waals surface area contributed by atoms with Gasteiger partial charge in [0.2, 0.25) is 0 Å². The Kier molecular flexibility index (Phi) is 6.19. The quantitative estimate of drug-likeness (QED) is 0.275. The fourth-order valence-corrected chi connectivity index (χ4v) is 2.64. The summed E-state index contributed by atoms with van der Waals surface area (Å²) in [7, 11) is 0. The molecule has 0 unspecified atom stereocenters. The summed E-state index contributed by atoms with van der Waals surface area (Å²) in [6.07, 6.45) is 1.43. The normalized spacial score (nSPS) is 11.9. The van der Waals surface area contributed by atoms with Crippen molar-refractivity contribution in [3.63, 3.8) is 0 Å². The van der Waals surface area contributed by atoms with E-state index in [0.29, 0.717) is 12.8 Å². The van der Waals surface area contributed by atoms with Crippen LogP contribution in [-0.2, 0) is 17.6 Å². The molecule has 2 rings (SSSR count). The molecule has 2 aromatic carbocycles. The molecule has 138 valence electrons. The molecule has 7 N–H and O–H groups in total. The first-order chi connectivity index (χ1) is 12.3. The van der Waals surface area contributed by atoms with Crippen LogP contribution in [0.1, 0.15) is 34.3 Å². The van der Waals surface area contributed by atoms with Crippen LogP contribution in [0, 0.1) is 0 Å². The number of Topliss-reactive ketones (excluding diaryl/α,β-unsaturated/α-hetero) is 1. The number of rotatable bonds is 8. The van der Waals surface area contributed by atoms with E-state index in [1.807, 2.05) is 0 Å². The van der Waals surface area contributed by atoms with Crippen molar-refractivity contribution in [1.29, 1.82) is 0 Å². The van der Waals surface area contributed by atoms with Crippen molar-refractivity contribution in [1.82, 2.24) is 0 Å². The Morgan fingerprint density at radius 1 is 1.04 bits per heavy atom. The molecule has 7 heteroatoms. The number of anilines is 1. The van der Waals surface area contributed by atoms with E-state index >= 15 is 0 Å². The molecule has 7 nitrogen and oxygen atoms in total. The molecule has 0 bridgehead atoms. The van der Waals surface area contributed by atoms with Gasteiger partial charge in [-0.3, -0.25) is 9.59 Å². The summed E-state index contributed by atoms with van der Waals surface area (Å²) >= 11 is 0. The lowest BCUT2D eigenvalue weighted by molar-refractivity contribution is -0.138. The van der Waals surface area contributed by atoms with E-state index in [2.05, 4.69) is 0 Å². The molecular weight excluding hydrogens is 336 g/mol. The number of carboxylic acids is 1. The van der Waals surface area contributed by atoms with Crippen LogP contribution in [-0.4, -0.2) is 33.1 Å². The highest BCUT2D eigenvalue weighted by Crippen LogP contribution is 2.30. The average Bonchev–Trinajstić information content (AvgIpc) is 2.60. The van der Waals surface area contributed by atoms with Gasteiger partial charge in [0.05, 0.1) is 5.69 Å². The van der Waals surface area contributed by atoms with Crippen molar-refractivity contribution in [2.75, 3.05) is 5.73 Å². The Bertz CT molecular complexity index is 802. The number of aliphatic carboxylic acids is 1. The summed E-state index contributed by atoms with van der Waals surface area (Å²) in [5.41, 5.74) is 12.8. The first kappa shape index (κ1) is 19.3. The highest BCUT2D eigenvalue weighted by Gasteiger charge is 2.19. The number of aromatic hydroxyl groups is 2. The second kappa shape index (κ2) is 8.35. The predicted octanol–water partition coefficient (Wildman–Crippen LogP) is 1.84. The molecule has 0 saturated carbocycles. The van der Waals surface area contributed by atoms with Crippen LogP contribution in [0.25, 0.3) is 0 Å². The molecule has 0 spiro atoms. The second-order valence-electron chi connectivity index (χ2n) is 6.13. The molecule has 2 aromatic rings. The Labute approximate surface area is 150 Å². The van der Waals surface area contributed by atoms with E-state index in [4.69, 9.17) is 16.6 Å². The lowest BCUT2D eigenvalue weighted by Gasteiger charge is -2.13. The molecule has 0 heterocycles. The summed E-state index contributed by atoms with van der Waals surface area (Å²) in [4.78, 5) is 23.2. The first-order valence-electron chi connectivity index (χ1n) is 8.19. The summed E-state index contributed by atoms with van der Waals surface area (Å²) in [6.45, 7) is 0. The van der Waals surface area contributed by atoms with E-state index < -0.39 is 12.0 Å². The molecule has 0 fully saturated rings. The number of nitrogens with two attached hydrogens (primary N) is 2. The van der Waals surface area contributed by atoms with Gasteiger partial charge in [0, 0.05) is 18.4 Å². The SMILES string of the molecule is Nc1c(C(=O)CCCc2ccc(O)cc2)ccc(C[C@@H](N)C(=O)O)c1O. The maximum absolute atomic E-state index is 12.4. The maximum atomic E-state index is 12.4. The van der Waals surface area contributed by atoms with Gasteiger partial charge in [-0.1, -0.05) is 18.2 Å². The zero-order chi connectivity index (χ0) is 19.3. The largest absolute Gasteiger partial charge is 0.508 e. The lowest BCUT2D eigenvalue weighted by atomic mass is 9.97. The van der Waals surface area contributed by atoms with E-state index in [1.165, 1.54) is 12.1 Å². The van der Waals surface area contributed by atoms with Crippen LogP contribution in [0.3, 0.4) is 0 Å². The number of phenolic OH excluding ortho intramolecular Hbond substituents is 2. The molecule has 0 amide bonds. The zero-order valence-electron chi connectivity index (χ0n) is 14.2. The van der Waals surface area contributed by atoms with E-state index in [0.717, 1.165) is 5.56 Å². The van der Waals surface area contributed by atoms with Crippen molar-refractivity contribution in [3.05, 3.63) is 53.1 Å². The number of hydrogen-bond donors (Lipinski definition) is 5. The highest BCUT2D eigenvalue weighted by atomic mass is 16.4. The number of carboxylic acid groups (broad SMARTS) is 1. The molecule has 0 aromatic heterocycles. The molecule has 0 aliphatic heterocycles. The third-order valence-corrected chi connectivity index (χ3v) is 4.16. The van der Waals surface area contributed by atoms with E-state index in [-0.39, 0.29) is 46.9 Å². The number of ketones is 1. The maximum Gasteiger partial charge on any atom is 0.320 e. The third-order valence-electron chi connectivity index (χ3n) is 4.16. The van der Waals surface area contributed by atoms with Gasteiger partial charge in [-0.2, -0.15) is 0 Å². The molecule has 1 atom stereocenters. The summed E-state index contributed by atoms with van der Waals surface area (Å²) in [5.74, 6) is -1.50. The number of aryl methyl sites for hydroxylation is 1. The van der Waals surface area contributed by atoms with Gasteiger partial charge < -0.3 is 26.8 Å². The summed E-state index contributed by atoms with van der Waals surface area (Å²) < 4.78 is 0. The lowest BCUT2D eigenvalue weighted by Crippen LogP contribution is -2.32. The van der Waals surface area contributed by atoms with Crippen LogP contribution >= 0.6 is 0 Å². The van der Waals surface area contributed by atoms with Crippen LogP contribution in [0.5, 0.6) is 11.5 Å². The third kappa shape index (κ3) is 4.73. The Balaban J connectivity index is 2.01. The smallest absolute Gasteiger partial charge is 0.320 e. The van der Waals surface area contributed by atoms with Crippen molar-refractivity contribution in [3.8, 4) is 11.5 Å². The molecule has 0 aliphatic carbocycles. The Hall–Kier alpha value is -3.06. The summed E-state index contributed by atoms with van der Waals surface area (Å²) in [6, 6.07) is 8.57. The van der Waals surface area contributed by atoms with Crippen molar-refractivity contribution >= 4 is 17.4 Å². The average molecular weight is 358 g/mol. The number of carbonyl (C=O) groups excluding carboxylic acids is 1. The van der Waals surface area contributed by atoms with Gasteiger partial charge in [0.1, 0.15) is 17.5 Å². The topological polar surface area (TPSA) is 147 Å². The Morgan fingerprint density at radius 2 is 1.69 bits per heavy atom. The van der Waals surface area contributed by atoms with Crippen LogP contribution in [0.2, 0.25) is 0 Å². The first-order valence-corrected chi connectivity index (χ1v) is 8.19. The van der Waals surface area contributed by atoms with Crippen LogP contribution < -0.4 is 11.5 Å². The minimum atomic E-state index is -1.18. The van der Waals surface area contributed by atoms with Gasteiger partial charge in [0.25, 0.3) is 0 Å². The summed E-state index contributed by atoms with van der Waals surface area (Å²) in [5, 5.41) is 28.2. The van der Waals surface area contributed by atoms with Crippen LogP contribution in [0.4, 0.5) is 5.69 Å². The number of phenols is 2. The van der Waals surface area contributed by atoms with Crippen molar-refractivity contribution < 1.29 is 24.9 Å². The van der Waals surface area contributed by atoms with Gasteiger partial charge in [-0.25, -0.2) is 0 Å². The molecule has 0 radical (unpaired) electrons. The number of benzene rings is 2. The number of carbonyl (C=O) groups is 2. The molecular formula is C19H22N2O5. The van der Waals surface area contributed by atoms with E-state index in [9.17, 15) is 19.8 Å². The highest BCUT2D eigenvalue weighted by molar-refractivity contribution is 6.02. The van der Waals surface area contributed by atoms with Gasteiger partial charge in [-0.05, 0) is 42.2 Å². The monoisotopic (exact) mass is 358 g/mol. The van der Waals surface area contributed by atoms with Crippen LogP contribution in [0.15, 0.2) is 36.4 Å². The minimum Gasteiger partial charge on any atom is -0.508 e. The number of nitrogen functional groups attached to an aromatic ring is 1. The fraction of sp³-hybridized carbons (Fsp3) is 0.263. The second-order valence-corrected chi connectivity index (χ2v) is 6.13. The molecule has 0 saturated heterocycles. The fourth-order valence-electron chi connectivity index (χ4n) is 2.64. The number of hydrogen-bond acceptors (Lipinski definition) is 6. The van der Waals surface area contributed by atoms with Crippen molar-refractivity contribution in [2.45, 2.75) is 31.7 Å². The van der Waals surface area contributed by atoms with Gasteiger partial charge in [-0.15, -0.1) is 0 Å². The van der Waals surface area contributed by atoms with Gasteiger partial charge in [0.15, 0.2) is 5.78 Å². The van der Waals surface area contributed by atoms with Crippen molar-refractivity contribution in [2.24, 2.45) is 5.73 Å². The Morgan fingerprint density at radius 3 is 2.31 bits per heavy atom.